The van der Waals surface area contributed by atoms with Crippen molar-refractivity contribution >= 4 is 38.9 Å². The van der Waals surface area contributed by atoms with Gasteiger partial charge in [0, 0.05) is 38.2 Å². The molecular weight excluding hydrogens is 465 g/mol. The minimum absolute atomic E-state index is 0.0730. The normalized spacial score (nSPS) is 24.5. The van der Waals surface area contributed by atoms with E-state index in [0.29, 0.717) is 43.8 Å². The zero-order chi connectivity index (χ0) is 22.6. The Kier molecular flexibility index (Phi) is 5.52. The van der Waals surface area contributed by atoms with Crippen molar-refractivity contribution < 1.29 is 13.9 Å². The number of anilines is 1. The van der Waals surface area contributed by atoms with E-state index in [2.05, 4.69) is 25.9 Å². The second-order valence-electron chi connectivity index (χ2n) is 9.67. The highest BCUT2D eigenvalue weighted by Crippen LogP contribution is 2.55. The number of aryl methyl sites for hydroxylation is 1. The average Bonchev–Trinajstić information content (AvgIpc) is 2.92. The number of nitrogens with two attached hydrogens (primary N) is 1. The molecule has 168 valence electrons. The molecule has 2 unspecified atom stereocenters. The van der Waals surface area contributed by atoms with Gasteiger partial charge in [0.15, 0.2) is 0 Å². The van der Waals surface area contributed by atoms with Gasteiger partial charge in [-0.3, -0.25) is 0 Å². The summed E-state index contributed by atoms with van der Waals surface area (Å²) < 4.78 is 23.0. The van der Waals surface area contributed by atoms with Crippen LogP contribution in [-0.4, -0.2) is 44.2 Å². The number of nitrogen functional groups attached to an aromatic ring is 1. The Balaban J connectivity index is 1.80. The van der Waals surface area contributed by atoms with Gasteiger partial charge >= 0.3 is 6.09 Å². The van der Waals surface area contributed by atoms with Gasteiger partial charge in [-0.25, -0.2) is 19.2 Å². The maximum atomic E-state index is 14.5. The lowest BCUT2D eigenvalue weighted by Gasteiger charge is -2.49. The zero-order valence-corrected chi connectivity index (χ0v) is 20.0. The Morgan fingerprint density at radius 2 is 2.10 bits per heavy atom. The van der Waals surface area contributed by atoms with Gasteiger partial charge in [0.1, 0.15) is 23.4 Å². The first kappa shape index (κ1) is 22.0. The maximum Gasteiger partial charge on any atom is 0.410 e. The van der Waals surface area contributed by atoms with Crippen LogP contribution < -0.4 is 5.73 Å². The summed E-state index contributed by atoms with van der Waals surface area (Å²) in [7, 11) is 1.93. The lowest BCUT2D eigenvalue weighted by Crippen LogP contribution is -2.50. The highest BCUT2D eigenvalue weighted by Gasteiger charge is 2.48. The molecule has 3 heterocycles. The molecule has 31 heavy (non-hydrogen) atoms. The molecule has 1 aliphatic heterocycles. The van der Waals surface area contributed by atoms with Gasteiger partial charge in [-0.1, -0.05) is 6.08 Å². The summed E-state index contributed by atoms with van der Waals surface area (Å²) >= 11 is 3.74. The predicted molar refractivity (Wildman–Crippen MR) is 121 cm³/mol. The van der Waals surface area contributed by atoms with Crippen LogP contribution in [-0.2, 0) is 11.8 Å². The van der Waals surface area contributed by atoms with E-state index in [1.165, 1.54) is 6.33 Å². The third kappa shape index (κ3) is 3.92. The summed E-state index contributed by atoms with van der Waals surface area (Å²) in [6.45, 7) is 6.56. The van der Waals surface area contributed by atoms with Crippen molar-refractivity contribution in [2.75, 3.05) is 18.8 Å². The van der Waals surface area contributed by atoms with Crippen molar-refractivity contribution in [3.8, 4) is 0 Å². The van der Waals surface area contributed by atoms with Crippen molar-refractivity contribution in [1.82, 2.24) is 19.4 Å². The molecule has 0 aromatic carbocycles. The highest BCUT2D eigenvalue weighted by molar-refractivity contribution is 9.10. The van der Waals surface area contributed by atoms with Crippen LogP contribution in [0.2, 0.25) is 0 Å². The molecule has 2 aromatic heterocycles. The Labute approximate surface area is 190 Å². The second-order valence-corrected chi connectivity index (χ2v) is 10.5. The maximum absolute atomic E-state index is 14.5. The van der Waals surface area contributed by atoms with E-state index >= 15 is 0 Å². The first-order valence-corrected chi connectivity index (χ1v) is 11.4. The molecule has 1 spiro atoms. The SMILES string of the molecule is Cn1c(C2CN(C(=O)OC(C)(C)C)CCC23CCC=C(F)C3)c(Br)c2c(N)ncnc21. The number of halogens is 2. The average molecular weight is 494 g/mol. The van der Waals surface area contributed by atoms with Gasteiger partial charge in [-0.15, -0.1) is 0 Å². The van der Waals surface area contributed by atoms with Gasteiger partial charge in [0.2, 0.25) is 0 Å². The Hall–Kier alpha value is -2.16. The fourth-order valence-corrected chi connectivity index (χ4v) is 5.98. The molecule has 1 aliphatic carbocycles. The molecular formula is C22H29BrFN5O2. The molecule has 0 saturated carbocycles. The number of carbonyl (C=O) groups excluding carboxylic acids is 1. The molecule has 1 fully saturated rings. The van der Waals surface area contributed by atoms with Crippen molar-refractivity contribution in [3.05, 3.63) is 28.4 Å². The van der Waals surface area contributed by atoms with E-state index in [4.69, 9.17) is 10.5 Å². The third-order valence-corrected chi connectivity index (χ3v) is 7.32. The minimum atomic E-state index is -0.578. The fourth-order valence-electron chi connectivity index (χ4n) is 5.06. The second kappa shape index (κ2) is 7.76. The quantitative estimate of drug-likeness (QED) is 0.599. The number of allylic oxidation sites excluding steroid dienone is 2. The van der Waals surface area contributed by atoms with Crippen LogP contribution in [0.15, 0.2) is 22.7 Å². The standard InChI is InChI=1S/C22H29BrFN5O2/c1-21(2,3)31-20(30)29-9-8-22(7-5-6-13(24)10-22)14(11-29)17-16(23)15-18(25)26-12-27-19(15)28(17)4/h6,12,14H,5,7-11H2,1-4H3,(H2,25,26,27). The minimum Gasteiger partial charge on any atom is -0.444 e. The molecule has 2 aromatic rings. The smallest absolute Gasteiger partial charge is 0.410 e. The molecule has 9 heteroatoms. The van der Waals surface area contributed by atoms with Crippen LogP contribution >= 0.6 is 15.9 Å². The van der Waals surface area contributed by atoms with Crippen LogP contribution in [0.4, 0.5) is 15.0 Å². The van der Waals surface area contributed by atoms with Crippen LogP contribution in [0.25, 0.3) is 11.0 Å². The number of amides is 1. The summed E-state index contributed by atoms with van der Waals surface area (Å²) in [5, 5.41) is 0.747. The van der Waals surface area contributed by atoms with Crippen LogP contribution in [0.3, 0.4) is 0 Å². The van der Waals surface area contributed by atoms with Crippen molar-refractivity contribution in [1.29, 1.82) is 0 Å². The lowest BCUT2D eigenvalue weighted by atomic mass is 9.62. The summed E-state index contributed by atoms with van der Waals surface area (Å²) in [5.74, 6) is 0.208. The summed E-state index contributed by atoms with van der Waals surface area (Å²) in [4.78, 5) is 23.2. The van der Waals surface area contributed by atoms with Gasteiger partial charge in [-0.05, 0) is 61.4 Å². The first-order valence-electron chi connectivity index (χ1n) is 10.6. The van der Waals surface area contributed by atoms with Gasteiger partial charge in [0.05, 0.1) is 15.7 Å². The molecule has 2 N–H and O–H groups in total. The molecule has 1 amide bonds. The molecule has 2 atom stereocenters. The van der Waals surface area contributed by atoms with Gasteiger partial charge < -0.3 is 19.9 Å². The zero-order valence-electron chi connectivity index (χ0n) is 18.4. The number of rotatable bonds is 1. The van der Waals surface area contributed by atoms with Gasteiger partial charge in [0.25, 0.3) is 0 Å². The number of ether oxygens (including phenoxy) is 1. The molecule has 1 saturated heterocycles. The predicted octanol–water partition coefficient (Wildman–Crippen LogP) is 5.06. The van der Waals surface area contributed by atoms with Gasteiger partial charge in [-0.2, -0.15) is 0 Å². The first-order chi connectivity index (χ1) is 14.5. The summed E-state index contributed by atoms with van der Waals surface area (Å²) in [6, 6.07) is 0. The molecule has 2 aliphatic rings. The number of fused-ring (bicyclic) bond motifs is 1. The number of carbonyl (C=O) groups is 1. The molecule has 0 radical (unpaired) electrons. The lowest BCUT2D eigenvalue weighted by molar-refractivity contribution is -0.000570. The number of hydrogen-bond acceptors (Lipinski definition) is 5. The van der Waals surface area contributed by atoms with Crippen molar-refractivity contribution in [2.45, 2.75) is 58.0 Å². The van der Waals surface area contributed by atoms with Crippen molar-refractivity contribution in [2.24, 2.45) is 12.5 Å². The number of nitrogens with zero attached hydrogens (tertiary/aromatic N) is 4. The van der Waals surface area contributed by atoms with E-state index in [9.17, 15) is 9.18 Å². The van der Waals surface area contributed by atoms with Crippen LogP contribution in [0, 0.1) is 5.41 Å². The number of piperidine rings is 1. The van der Waals surface area contributed by atoms with Crippen LogP contribution in [0.1, 0.15) is 58.1 Å². The topological polar surface area (TPSA) is 86.3 Å². The number of hydrogen-bond donors (Lipinski definition) is 1. The van der Waals surface area contributed by atoms with Crippen LogP contribution in [0.5, 0.6) is 0 Å². The largest absolute Gasteiger partial charge is 0.444 e. The Morgan fingerprint density at radius 1 is 1.35 bits per heavy atom. The third-order valence-electron chi connectivity index (χ3n) is 6.51. The van der Waals surface area contributed by atoms with E-state index in [-0.39, 0.29) is 23.3 Å². The fraction of sp³-hybridized carbons (Fsp3) is 0.591. The van der Waals surface area contributed by atoms with Crippen molar-refractivity contribution in [3.63, 3.8) is 0 Å². The van der Waals surface area contributed by atoms with E-state index in [1.807, 2.05) is 32.4 Å². The Bertz CT molecular complexity index is 1060. The molecule has 0 bridgehead atoms. The summed E-state index contributed by atoms with van der Waals surface area (Å²) in [5.41, 5.74) is 6.97. The number of aromatic nitrogens is 3. The molecule has 7 nitrogen and oxygen atoms in total. The monoisotopic (exact) mass is 493 g/mol. The summed E-state index contributed by atoms with van der Waals surface area (Å²) in [6.07, 6.45) is 5.42. The molecule has 4 rings (SSSR count). The highest BCUT2D eigenvalue weighted by atomic mass is 79.9. The Morgan fingerprint density at radius 3 is 2.74 bits per heavy atom. The van der Waals surface area contributed by atoms with E-state index in [1.54, 1.807) is 11.0 Å². The van der Waals surface area contributed by atoms with E-state index in [0.717, 1.165) is 22.0 Å². The van der Waals surface area contributed by atoms with E-state index < -0.39 is 5.60 Å². The number of likely N-dealkylation sites (tertiary alicyclic amines) is 1.